The number of halogens is 2. The maximum absolute atomic E-state index is 14.8. The first kappa shape index (κ1) is 34.6. The number of ether oxygens (including phenoxy) is 3. The molecule has 3 aromatic carbocycles. The number of anilines is 3. The molecule has 4 aromatic rings. The topological polar surface area (TPSA) is 109 Å². The second kappa shape index (κ2) is 15.8. The van der Waals surface area contributed by atoms with Gasteiger partial charge in [-0.05, 0) is 61.6 Å². The lowest BCUT2D eigenvalue weighted by Gasteiger charge is -2.23. The van der Waals surface area contributed by atoms with E-state index in [1.54, 1.807) is 54.4 Å². The largest absolute Gasteiger partial charge is 0.497 e. The van der Waals surface area contributed by atoms with Crippen molar-refractivity contribution in [2.45, 2.75) is 13.8 Å². The average molecular weight is 649 g/mol. The third kappa shape index (κ3) is 8.50. The molecule has 1 aromatic heterocycles. The number of amides is 2. The molecule has 0 unspecified atom stereocenters. The van der Waals surface area contributed by atoms with Crippen LogP contribution in [-0.4, -0.2) is 86.3 Å². The van der Waals surface area contributed by atoms with E-state index in [2.05, 4.69) is 34.0 Å². The summed E-state index contributed by atoms with van der Waals surface area (Å²) in [6.45, 7) is 7.32. The molecular formula is C34H38F2N6O5. The lowest BCUT2D eigenvalue weighted by Crippen LogP contribution is -2.36. The van der Waals surface area contributed by atoms with Crippen LogP contribution in [0, 0.1) is 11.6 Å². The van der Waals surface area contributed by atoms with Gasteiger partial charge in [0.25, 0.3) is 5.91 Å². The minimum atomic E-state index is -1.12. The highest BCUT2D eigenvalue weighted by Crippen LogP contribution is 2.33. The average Bonchev–Trinajstić information content (AvgIpc) is 3.09. The molecule has 47 heavy (non-hydrogen) atoms. The first-order chi connectivity index (χ1) is 22.6. The molecule has 0 spiro atoms. The Morgan fingerprint density at radius 3 is 2.26 bits per heavy atom. The Balaban J connectivity index is 1.60. The van der Waals surface area contributed by atoms with Gasteiger partial charge in [0, 0.05) is 56.1 Å². The minimum absolute atomic E-state index is 0.0365. The summed E-state index contributed by atoms with van der Waals surface area (Å²) in [5, 5.41) is 3.00. The Labute approximate surface area is 272 Å². The fraction of sp³-hybridized carbons (Fsp3) is 0.294. The zero-order valence-electron chi connectivity index (χ0n) is 27.2. The van der Waals surface area contributed by atoms with Crippen LogP contribution in [0.4, 0.5) is 30.9 Å². The Morgan fingerprint density at radius 2 is 1.60 bits per heavy atom. The fourth-order valence-electron chi connectivity index (χ4n) is 4.67. The molecule has 0 aliphatic rings. The molecule has 1 N–H and O–H groups in total. The van der Waals surface area contributed by atoms with Gasteiger partial charge < -0.3 is 29.3 Å². The summed E-state index contributed by atoms with van der Waals surface area (Å²) in [7, 11) is 6.18. The van der Waals surface area contributed by atoms with Crippen molar-refractivity contribution in [2.24, 2.45) is 0 Å². The quantitative estimate of drug-likeness (QED) is 0.180. The van der Waals surface area contributed by atoms with Crippen LogP contribution < -0.4 is 24.4 Å². The fourth-order valence-corrected chi connectivity index (χ4v) is 4.67. The highest BCUT2D eigenvalue weighted by atomic mass is 19.2. The van der Waals surface area contributed by atoms with E-state index < -0.39 is 17.7 Å². The van der Waals surface area contributed by atoms with E-state index in [0.717, 1.165) is 25.7 Å². The first-order valence-corrected chi connectivity index (χ1v) is 14.9. The Morgan fingerprint density at radius 1 is 0.872 bits per heavy atom. The van der Waals surface area contributed by atoms with Gasteiger partial charge in [0.1, 0.15) is 11.5 Å². The highest BCUT2D eigenvalue weighted by molar-refractivity contribution is 5.94. The van der Waals surface area contributed by atoms with E-state index in [1.807, 2.05) is 0 Å². The number of methoxy groups -OCH3 is 2. The van der Waals surface area contributed by atoms with E-state index in [4.69, 9.17) is 14.2 Å². The zero-order valence-corrected chi connectivity index (χ0v) is 27.2. The summed E-state index contributed by atoms with van der Waals surface area (Å²) in [5.41, 5.74) is 1.14. The predicted octanol–water partition coefficient (Wildman–Crippen LogP) is 6.23. The molecule has 13 heteroatoms. The zero-order chi connectivity index (χ0) is 34.1. The number of hydrogen-bond acceptors (Lipinski definition) is 9. The van der Waals surface area contributed by atoms with Crippen molar-refractivity contribution in [2.75, 3.05) is 64.7 Å². The number of carbonyl (C=O) groups is 2. The lowest BCUT2D eigenvalue weighted by molar-refractivity contribution is 0.0779. The maximum atomic E-state index is 14.8. The molecule has 0 fully saturated rings. The molecular weight excluding hydrogens is 610 g/mol. The molecule has 0 bridgehead atoms. The molecule has 1 heterocycles. The van der Waals surface area contributed by atoms with E-state index >= 15 is 0 Å². The molecule has 0 saturated carbocycles. The molecule has 0 aliphatic carbocycles. The Bertz CT molecular complexity index is 1700. The van der Waals surface area contributed by atoms with Crippen LogP contribution >= 0.6 is 0 Å². The number of carbonyl (C=O) groups excluding carboxylic acids is 2. The highest BCUT2D eigenvalue weighted by Gasteiger charge is 2.21. The molecule has 0 radical (unpaired) electrons. The van der Waals surface area contributed by atoms with Crippen LogP contribution in [-0.2, 0) is 0 Å². The first-order valence-electron chi connectivity index (χ1n) is 14.9. The summed E-state index contributed by atoms with van der Waals surface area (Å²) in [5.74, 6) is -1.75. The van der Waals surface area contributed by atoms with Crippen LogP contribution in [0.1, 0.15) is 24.2 Å². The van der Waals surface area contributed by atoms with Gasteiger partial charge in [-0.15, -0.1) is 0 Å². The summed E-state index contributed by atoms with van der Waals surface area (Å²) < 4.78 is 45.2. The van der Waals surface area contributed by atoms with Crippen molar-refractivity contribution < 1.29 is 32.6 Å². The van der Waals surface area contributed by atoms with Crippen molar-refractivity contribution in [3.63, 3.8) is 0 Å². The third-order valence-corrected chi connectivity index (χ3v) is 7.52. The molecule has 4 rings (SSSR count). The van der Waals surface area contributed by atoms with Gasteiger partial charge in [-0.1, -0.05) is 19.9 Å². The number of rotatable bonds is 13. The summed E-state index contributed by atoms with van der Waals surface area (Å²) in [6.07, 6.45) is -0.847. The van der Waals surface area contributed by atoms with Crippen LogP contribution in [0.5, 0.6) is 17.4 Å². The third-order valence-electron chi connectivity index (χ3n) is 7.52. The van der Waals surface area contributed by atoms with E-state index in [1.165, 1.54) is 44.4 Å². The van der Waals surface area contributed by atoms with Gasteiger partial charge in [-0.25, -0.2) is 18.6 Å². The van der Waals surface area contributed by atoms with Gasteiger partial charge in [0.05, 0.1) is 25.6 Å². The van der Waals surface area contributed by atoms with Crippen molar-refractivity contribution in [3.8, 4) is 28.6 Å². The van der Waals surface area contributed by atoms with Gasteiger partial charge in [0.15, 0.2) is 11.6 Å². The Hall–Kier alpha value is -5.30. The number of nitrogens with zero attached hydrogens (tertiary/aromatic N) is 5. The second-order valence-corrected chi connectivity index (χ2v) is 10.4. The van der Waals surface area contributed by atoms with Crippen molar-refractivity contribution in [1.29, 1.82) is 0 Å². The van der Waals surface area contributed by atoms with Crippen molar-refractivity contribution in [3.05, 3.63) is 83.9 Å². The van der Waals surface area contributed by atoms with Gasteiger partial charge in [-0.3, -0.25) is 9.69 Å². The standard InChI is InChI=1S/C34H38F2N6O5/c1-7-42(8-2)19-18-40(3)32(43)22-12-14-23(15-13-22)37-33-38-27(25-10-9-11-26(35)31(25)36)21-30(39-33)47-34(44)41(4)28-20-24(45-5)16-17-29(28)46-6/h9-17,20-21H,7-8,18-19H2,1-6H3,(H,37,38,39). The Kier molecular flexibility index (Phi) is 11.6. The number of likely N-dealkylation sites (N-methyl/N-ethyl adjacent to an activating group) is 2. The second-order valence-electron chi connectivity index (χ2n) is 10.4. The number of nitrogens with one attached hydrogen (secondary N) is 1. The molecule has 248 valence electrons. The molecule has 0 saturated heterocycles. The van der Waals surface area contributed by atoms with Gasteiger partial charge in [-0.2, -0.15) is 4.98 Å². The van der Waals surface area contributed by atoms with Gasteiger partial charge in [0.2, 0.25) is 11.8 Å². The number of aromatic nitrogens is 2. The van der Waals surface area contributed by atoms with Crippen molar-refractivity contribution >= 4 is 29.3 Å². The van der Waals surface area contributed by atoms with E-state index in [-0.39, 0.29) is 29.0 Å². The minimum Gasteiger partial charge on any atom is -0.497 e. The number of benzene rings is 3. The lowest BCUT2D eigenvalue weighted by atomic mass is 10.1. The van der Waals surface area contributed by atoms with Crippen LogP contribution in [0.3, 0.4) is 0 Å². The van der Waals surface area contributed by atoms with Crippen molar-refractivity contribution in [1.82, 2.24) is 19.8 Å². The molecule has 0 aliphatic heterocycles. The molecule has 0 atom stereocenters. The monoisotopic (exact) mass is 648 g/mol. The summed E-state index contributed by atoms with van der Waals surface area (Å²) in [6, 6.07) is 16.5. The van der Waals surface area contributed by atoms with E-state index in [0.29, 0.717) is 35.0 Å². The van der Waals surface area contributed by atoms with E-state index in [9.17, 15) is 18.4 Å². The van der Waals surface area contributed by atoms with Crippen LogP contribution in [0.2, 0.25) is 0 Å². The summed E-state index contributed by atoms with van der Waals surface area (Å²) >= 11 is 0. The van der Waals surface area contributed by atoms with Crippen LogP contribution in [0.25, 0.3) is 11.3 Å². The SMILES string of the molecule is CCN(CC)CCN(C)C(=O)c1ccc(Nc2nc(OC(=O)N(C)c3cc(OC)ccc3OC)cc(-c3cccc(F)c3F)n2)cc1. The molecule has 2 amide bonds. The van der Waals surface area contributed by atoms with Crippen LogP contribution in [0.15, 0.2) is 66.7 Å². The predicted molar refractivity (Wildman–Crippen MR) is 176 cm³/mol. The maximum Gasteiger partial charge on any atom is 0.420 e. The normalized spacial score (nSPS) is 10.8. The summed E-state index contributed by atoms with van der Waals surface area (Å²) in [4.78, 5) is 40.0. The molecule has 11 nitrogen and oxygen atoms in total. The van der Waals surface area contributed by atoms with Gasteiger partial charge >= 0.3 is 6.09 Å². The smallest absolute Gasteiger partial charge is 0.420 e. The number of hydrogen-bond donors (Lipinski definition) is 1.